The smallest absolute Gasteiger partial charge is 0.126 e. The molecule has 2 N–H and O–H groups in total. The minimum atomic E-state index is -0.178. The summed E-state index contributed by atoms with van der Waals surface area (Å²) in [6.07, 6.45) is 2.25. The predicted molar refractivity (Wildman–Crippen MR) is 76.5 cm³/mol. The van der Waals surface area contributed by atoms with E-state index in [4.69, 9.17) is 5.73 Å². The van der Waals surface area contributed by atoms with Crippen LogP contribution in [0.5, 0.6) is 0 Å². The molecule has 0 aliphatic heterocycles. The molecule has 1 rings (SSSR count). The molecule has 0 saturated carbocycles. The van der Waals surface area contributed by atoms with Crippen LogP contribution >= 0.6 is 0 Å². The summed E-state index contributed by atoms with van der Waals surface area (Å²) in [5.74, 6) is -0.178. The van der Waals surface area contributed by atoms with Crippen molar-refractivity contribution in [2.45, 2.75) is 52.6 Å². The third-order valence-corrected chi connectivity index (χ3v) is 3.55. The fraction of sp³-hybridized carbons (Fsp3) is 0.600. The van der Waals surface area contributed by atoms with Crippen LogP contribution in [0.3, 0.4) is 0 Å². The van der Waals surface area contributed by atoms with Gasteiger partial charge < -0.3 is 10.6 Å². The first-order chi connectivity index (χ1) is 8.38. The molecule has 0 spiro atoms. The van der Waals surface area contributed by atoms with Gasteiger partial charge in [0.1, 0.15) is 5.82 Å². The van der Waals surface area contributed by atoms with Crippen molar-refractivity contribution >= 4 is 5.69 Å². The average Bonchev–Trinajstić information content (AvgIpc) is 2.31. The summed E-state index contributed by atoms with van der Waals surface area (Å²) < 4.78 is 13.7. The average molecular weight is 252 g/mol. The van der Waals surface area contributed by atoms with Gasteiger partial charge in [-0.2, -0.15) is 0 Å². The maximum atomic E-state index is 13.7. The van der Waals surface area contributed by atoms with E-state index < -0.39 is 0 Å². The molecular formula is C15H25FN2. The monoisotopic (exact) mass is 252 g/mol. The summed E-state index contributed by atoms with van der Waals surface area (Å²) >= 11 is 0. The summed E-state index contributed by atoms with van der Waals surface area (Å²) in [7, 11) is 2.05. The van der Waals surface area contributed by atoms with E-state index in [1.807, 2.05) is 13.0 Å². The predicted octanol–water partition coefficient (Wildman–Crippen LogP) is 3.78. The molecule has 0 heterocycles. The molecule has 0 aliphatic carbocycles. The van der Waals surface area contributed by atoms with Crippen LogP contribution < -0.4 is 10.6 Å². The summed E-state index contributed by atoms with van der Waals surface area (Å²) in [4.78, 5) is 2.20. The van der Waals surface area contributed by atoms with Gasteiger partial charge in [-0.15, -0.1) is 0 Å². The minimum absolute atomic E-state index is 0.161. The van der Waals surface area contributed by atoms with Gasteiger partial charge in [0.2, 0.25) is 0 Å². The van der Waals surface area contributed by atoms with Crippen molar-refractivity contribution in [1.82, 2.24) is 0 Å². The topological polar surface area (TPSA) is 29.3 Å². The molecule has 0 saturated heterocycles. The fourth-order valence-electron chi connectivity index (χ4n) is 2.20. The second-order valence-corrected chi connectivity index (χ2v) is 5.20. The highest BCUT2D eigenvalue weighted by Gasteiger charge is 2.17. The van der Waals surface area contributed by atoms with E-state index in [2.05, 4.69) is 25.8 Å². The molecule has 0 bridgehead atoms. The Morgan fingerprint density at radius 2 is 1.94 bits per heavy atom. The quantitative estimate of drug-likeness (QED) is 0.864. The lowest BCUT2D eigenvalue weighted by molar-refractivity contribution is 0.599. The Kier molecular flexibility index (Phi) is 5.15. The summed E-state index contributed by atoms with van der Waals surface area (Å²) in [6, 6.07) is 3.74. The molecule has 2 atom stereocenters. The molecule has 1 aromatic rings. The van der Waals surface area contributed by atoms with Crippen molar-refractivity contribution in [3.05, 3.63) is 29.1 Å². The minimum Gasteiger partial charge on any atom is -0.372 e. The van der Waals surface area contributed by atoms with Gasteiger partial charge in [0, 0.05) is 24.8 Å². The van der Waals surface area contributed by atoms with Crippen molar-refractivity contribution in [1.29, 1.82) is 0 Å². The standard InChI is InChI=1S/C15H25FN2/c1-6-7-11(3)18(5)15-8-10(2)14(16)9-13(15)12(4)17/h8-9,11-12H,6-7,17H2,1-5H3/t11?,12-/m0/s1. The third kappa shape index (κ3) is 3.22. The highest BCUT2D eigenvalue weighted by molar-refractivity contribution is 5.57. The number of benzene rings is 1. The van der Waals surface area contributed by atoms with Crippen molar-refractivity contribution in [3.63, 3.8) is 0 Å². The molecule has 0 radical (unpaired) electrons. The molecule has 1 aromatic carbocycles. The van der Waals surface area contributed by atoms with Crippen LogP contribution in [0, 0.1) is 12.7 Å². The van der Waals surface area contributed by atoms with Gasteiger partial charge in [-0.05, 0) is 50.5 Å². The van der Waals surface area contributed by atoms with Crippen molar-refractivity contribution in [2.75, 3.05) is 11.9 Å². The molecule has 0 aromatic heterocycles. The Morgan fingerprint density at radius 1 is 1.33 bits per heavy atom. The van der Waals surface area contributed by atoms with Crippen LogP contribution in [-0.4, -0.2) is 13.1 Å². The van der Waals surface area contributed by atoms with Gasteiger partial charge in [-0.1, -0.05) is 13.3 Å². The number of anilines is 1. The molecule has 0 aliphatic rings. The molecule has 3 heteroatoms. The van der Waals surface area contributed by atoms with E-state index in [0.717, 1.165) is 24.1 Å². The molecule has 0 fully saturated rings. The maximum Gasteiger partial charge on any atom is 0.126 e. The van der Waals surface area contributed by atoms with E-state index in [1.165, 1.54) is 0 Å². The Labute approximate surface area is 110 Å². The second-order valence-electron chi connectivity index (χ2n) is 5.20. The van der Waals surface area contributed by atoms with Crippen LogP contribution in [0.25, 0.3) is 0 Å². The Hall–Kier alpha value is -1.09. The normalized spacial score (nSPS) is 14.4. The first-order valence-corrected chi connectivity index (χ1v) is 6.66. The molecule has 1 unspecified atom stereocenters. The lowest BCUT2D eigenvalue weighted by Crippen LogP contribution is -2.30. The number of rotatable bonds is 5. The van der Waals surface area contributed by atoms with Gasteiger partial charge in [-0.25, -0.2) is 4.39 Å². The largest absolute Gasteiger partial charge is 0.372 e. The van der Waals surface area contributed by atoms with Gasteiger partial charge >= 0.3 is 0 Å². The highest BCUT2D eigenvalue weighted by Crippen LogP contribution is 2.29. The van der Waals surface area contributed by atoms with Gasteiger partial charge in [-0.3, -0.25) is 0 Å². The summed E-state index contributed by atoms with van der Waals surface area (Å²) in [6.45, 7) is 8.05. The third-order valence-electron chi connectivity index (χ3n) is 3.55. The Morgan fingerprint density at radius 3 is 2.44 bits per heavy atom. The fourth-order valence-corrected chi connectivity index (χ4v) is 2.20. The van der Waals surface area contributed by atoms with E-state index >= 15 is 0 Å². The summed E-state index contributed by atoms with van der Waals surface area (Å²) in [5.41, 5.74) is 8.55. The highest BCUT2D eigenvalue weighted by atomic mass is 19.1. The zero-order chi connectivity index (χ0) is 13.9. The number of aryl methyl sites for hydroxylation is 1. The zero-order valence-electron chi connectivity index (χ0n) is 12.1. The van der Waals surface area contributed by atoms with Gasteiger partial charge in [0.15, 0.2) is 0 Å². The lowest BCUT2D eigenvalue weighted by atomic mass is 10.0. The van der Waals surface area contributed by atoms with Gasteiger partial charge in [0.05, 0.1) is 0 Å². The van der Waals surface area contributed by atoms with E-state index in [9.17, 15) is 4.39 Å². The molecular weight excluding hydrogens is 227 g/mol. The van der Waals surface area contributed by atoms with Crippen LogP contribution in [0.2, 0.25) is 0 Å². The van der Waals surface area contributed by atoms with E-state index in [-0.39, 0.29) is 11.9 Å². The molecule has 102 valence electrons. The SMILES string of the molecule is CCCC(C)N(C)c1cc(C)c(F)cc1[C@H](C)N. The number of nitrogens with two attached hydrogens (primary N) is 1. The van der Waals surface area contributed by atoms with E-state index in [1.54, 1.807) is 13.0 Å². The van der Waals surface area contributed by atoms with Crippen LogP contribution in [0.4, 0.5) is 10.1 Å². The number of hydrogen-bond acceptors (Lipinski definition) is 2. The van der Waals surface area contributed by atoms with Gasteiger partial charge in [0.25, 0.3) is 0 Å². The van der Waals surface area contributed by atoms with Crippen LogP contribution in [-0.2, 0) is 0 Å². The second kappa shape index (κ2) is 6.19. The van der Waals surface area contributed by atoms with Crippen LogP contribution in [0.15, 0.2) is 12.1 Å². The van der Waals surface area contributed by atoms with Crippen LogP contribution in [0.1, 0.15) is 50.8 Å². The van der Waals surface area contributed by atoms with E-state index in [0.29, 0.717) is 11.6 Å². The van der Waals surface area contributed by atoms with Crippen molar-refractivity contribution in [2.24, 2.45) is 5.73 Å². The first-order valence-electron chi connectivity index (χ1n) is 6.66. The van der Waals surface area contributed by atoms with Crippen molar-refractivity contribution in [3.8, 4) is 0 Å². The molecule has 2 nitrogen and oxygen atoms in total. The Bertz CT molecular complexity index is 402. The number of nitrogens with zero attached hydrogens (tertiary/aromatic N) is 1. The summed E-state index contributed by atoms with van der Waals surface area (Å²) in [5, 5.41) is 0. The first kappa shape index (κ1) is 15.0. The molecule has 18 heavy (non-hydrogen) atoms. The Balaban J connectivity index is 3.17. The number of halogens is 1. The zero-order valence-corrected chi connectivity index (χ0v) is 12.1. The van der Waals surface area contributed by atoms with Crippen molar-refractivity contribution < 1.29 is 4.39 Å². The lowest BCUT2D eigenvalue weighted by Gasteiger charge is -2.30. The maximum absolute atomic E-state index is 13.7. The number of hydrogen-bond donors (Lipinski definition) is 1. The molecule has 0 amide bonds.